The fourth-order valence-electron chi connectivity index (χ4n) is 2.36. The van der Waals surface area contributed by atoms with Crippen molar-refractivity contribution < 1.29 is 9.53 Å². The Bertz CT molecular complexity index is 428. The molecule has 0 unspecified atom stereocenters. The van der Waals surface area contributed by atoms with Gasteiger partial charge in [0.1, 0.15) is 5.75 Å². The molecule has 0 saturated carbocycles. The first-order valence-corrected chi connectivity index (χ1v) is 7.50. The number of carbonyl (C=O) groups excluding carboxylic acids is 1. The predicted octanol–water partition coefficient (Wildman–Crippen LogP) is 2.19. The second-order valence-corrected chi connectivity index (χ2v) is 5.19. The van der Waals surface area contributed by atoms with Gasteiger partial charge >= 0.3 is 0 Å². The van der Waals surface area contributed by atoms with Gasteiger partial charge < -0.3 is 15.0 Å². The van der Waals surface area contributed by atoms with Crippen molar-refractivity contribution in [3.8, 4) is 5.75 Å². The van der Waals surface area contributed by atoms with Crippen LogP contribution in [0.3, 0.4) is 0 Å². The van der Waals surface area contributed by atoms with E-state index in [4.69, 9.17) is 4.74 Å². The summed E-state index contributed by atoms with van der Waals surface area (Å²) < 4.78 is 5.60. The van der Waals surface area contributed by atoms with E-state index in [1.54, 1.807) is 0 Å². The maximum absolute atomic E-state index is 11.9. The summed E-state index contributed by atoms with van der Waals surface area (Å²) in [6.07, 6.45) is 3.29. The van der Waals surface area contributed by atoms with Crippen molar-refractivity contribution >= 4 is 5.91 Å². The molecule has 4 nitrogen and oxygen atoms in total. The summed E-state index contributed by atoms with van der Waals surface area (Å²) in [4.78, 5) is 13.8. The highest BCUT2D eigenvalue weighted by Gasteiger charge is 2.16. The third-order valence-electron chi connectivity index (χ3n) is 3.44. The number of rotatable bonds is 7. The van der Waals surface area contributed by atoms with Crippen molar-refractivity contribution in [3.63, 3.8) is 0 Å². The van der Waals surface area contributed by atoms with Gasteiger partial charge in [-0.2, -0.15) is 0 Å². The molecule has 20 heavy (non-hydrogen) atoms. The lowest BCUT2D eigenvalue weighted by atomic mass is 10.2. The molecule has 1 aromatic rings. The first-order valence-electron chi connectivity index (χ1n) is 7.50. The maximum atomic E-state index is 11.9. The van der Waals surface area contributed by atoms with Crippen molar-refractivity contribution in [3.05, 3.63) is 29.8 Å². The molecule has 110 valence electrons. The second-order valence-electron chi connectivity index (χ2n) is 5.19. The molecule has 1 aliphatic heterocycles. The predicted molar refractivity (Wildman–Crippen MR) is 79.7 cm³/mol. The Hall–Kier alpha value is -1.55. The average molecular weight is 276 g/mol. The molecule has 0 atom stereocenters. The first kappa shape index (κ1) is 14.9. The zero-order chi connectivity index (χ0) is 14.2. The molecule has 0 aliphatic carbocycles. The normalized spacial score (nSPS) is 14.6. The smallest absolute Gasteiger partial charge is 0.236 e. The lowest BCUT2D eigenvalue weighted by Crippen LogP contribution is -2.35. The van der Waals surface area contributed by atoms with E-state index in [-0.39, 0.29) is 5.91 Å². The van der Waals surface area contributed by atoms with Crippen LogP contribution in [0.4, 0.5) is 0 Å². The summed E-state index contributed by atoms with van der Waals surface area (Å²) in [5.41, 5.74) is 1.15. The second kappa shape index (κ2) is 7.90. The molecule has 1 aromatic carbocycles. The van der Waals surface area contributed by atoms with Gasteiger partial charge in [0.25, 0.3) is 0 Å². The topological polar surface area (TPSA) is 41.6 Å². The van der Waals surface area contributed by atoms with Crippen LogP contribution in [0.15, 0.2) is 24.3 Å². The van der Waals surface area contributed by atoms with Crippen LogP contribution in [-0.2, 0) is 11.3 Å². The monoisotopic (exact) mass is 276 g/mol. The molecule has 2 rings (SSSR count). The Kier molecular flexibility index (Phi) is 5.87. The van der Waals surface area contributed by atoms with Crippen molar-refractivity contribution in [1.82, 2.24) is 10.2 Å². The molecule has 0 aromatic heterocycles. The highest BCUT2D eigenvalue weighted by atomic mass is 16.5. The van der Waals surface area contributed by atoms with Gasteiger partial charge in [0.15, 0.2) is 0 Å². The highest BCUT2D eigenvalue weighted by molar-refractivity contribution is 5.78. The molecule has 0 spiro atoms. The first-order chi connectivity index (χ1) is 9.79. The highest BCUT2D eigenvalue weighted by Crippen LogP contribution is 2.13. The van der Waals surface area contributed by atoms with E-state index in [9.17, 15) is 4.79 Å². The molecular formula is C16H24N2O2. The SMILES string of the molecule is CCCOc1cccc(CNCC(=O)N2CCCC2)c1. The van der Waals surface area contributed by atoms with Gasteiger partial charge in [-0.25, -0.2) is 0 Å². The van der Waals surface area contributed by atoms with Crippen LogP contribution >= 0.6 is 0 Å². The Morgan fingerprint density at radius 1 is 1.35 bits per heavy atom. The molecule has 1 aliphatic rings. The summed E-state index contributed by atoms with van der Waals surface area (Å²) in [5, 5.41) is 3.21. The number of amides is 1. The van der Waals surface area contributed by atoms with Gasteiger partial charge in [-0.1, -0.05) is 19.1 Å². The van der Waals surface area contributed by atoms with Gasteiger partial charge in [0, 0.05) is 19.6 Å². The Balaban J connectivity index is 1.74. The van der Waals surface area contributed by atoms with E-state index in [1.165, 1.54) is 0 Å². The molecule has 1 N–H and O–H groups in total. The third-order valence-corrected chi connectivity index (χ3v) is 3.44. The summed E-state index contributed by atoms with van der Waals surface area (Å²) in [5.74, 6) is 1.11. The number of hydrogen-bond acceptors (Lipinski definition) is 3. The van der Waals surface area contributed by atoms with Crippen LogP contribution in [-0.4, -0.2) is 37.0 Å². The van der Waals surface area contributed by atoms with Crippen LogP contribution in [0, 0.1) is 0 Å². The summed E-state index contributed by atoms with van der Waals surface area (Å²) >= 11 is 0. The van der Waals surface area contributed by atoms with Crippen LogP contribution in [0.25, 0.3) is 0 Å². The molecule has 1 saturated heterocycles. The van der Waals surface area contributed by atoms with Gasteiger partial charge in [-0.05, 0) is 37.0 Å². The van der Waals surface area contributed by atoms with E-state index >= 15 is 0 Å². The lowest BCUT2D eigenvalue weighted by molar-refractivity contribution is -0.129. The molecule has 1 fully saturated rings. The summed E-state index contributed by atoms with van der Waals surface area (Å²) in [7, 11) is 0. The number of hydrogen-bond donors (Lipinski definition) is 1. The van der Waals surface area contributed by atoms with E-state index in [0.29, 0.717) is 13.1 Å². The number of ether oxygens (including phenoxy) is 1. The zero-order valence-electron chi connectivity index (χ0n) is 12.2. The van der Waals surface area contributed by atoms with E-state index in [1.807, 2.05) is 29.2 Å². The molecule has 0 bridgehead atoms. The van der Waals surface area contributed by atoms with Crippen LogP contribution < -0.4 is 10.1 Å². The molecule has 0 radical (unpaired) electrons. The van der Waals surface area contributed by atoms with Crippen LogP contribution in [0.1, 0.15) is 31.7 Å². The Labute approximate surface area is 121 Å². The van der Waals surface area contributed by atoms with Gasteiger partial charge in [-0.15, -0.1) is 0 Å². The van der Waals surface area contributed by atoms with E-state index in [0.717, 1.165) is 50.3 Å². The summed E-state index contributed by atoms with van der Waals surface area (Å²) in [6.45, 7) is 5.78. The van der Waals surface area contributed by atoms with Crippen LogP contribution in [0.2, 0.25) is 0 Å². The Morgan fingerprint density at radius 3 is 2.90 bits per heavy atom. The van der Waals surface area contributed by atoms with Gasteiger partial charge in [0.2, 0.25) is 5.91 Å². The summed E-state index contributed by atoms with van der Waals surface area (Å²) in [6, 6.07) is 8.04. The van der Waals surface area contributed by atoms with Crippen molar-refractivity contribution in [2.45, 2.75) is 32.7 Å². The average Bonchev–Trinajstić information content (AvgIpc) is 3.00. The van der Waals surface area contributed by atoms with Gasteiger partial charge in [0.05, 0.1) is 13.2 Å². The zero-order valence-corrected chi connectivity index (χ0v) is 12.2. The van der Waals surface area contributed by atoms with E-state index in [2.05, 4.69) is 12.2 Å². The largest absolute Gasteiger partial charge is 0.494 e. The van der Waals surface area contributed by atoms with Crippen molar-refractivity contribution in [2.24, 2.45) is 0 Å². The van der Waals surface area contributed by atoms with Crippen molar-refractivity contribution in [1.29, 1.82) is 0 Å². The quantitative estimate of drug-likeness (QED) is 0.830. The fraction of sp³-hybridized carbons (Fsp3) is 0.562. The lowest BCUT2D eigenvalue weighted by Gasteiger charge is -2.15. The van der Waals surface area contributed by atoms with Crippen LogP contribution in [0.5, 0.6) is 5.75 Å². The minimum Gasteiger partial charge on any atom is -0.494 e. The maximum Gasteiger partial charge on any atom is 0.236 e. The molecule has 4 heteroatoms. The Morgan fingerprint density at radius 2 is 2.15 bits per heavy atom. The number of nitrogens with one attached hydrogen (secondary N) is 1. The molecule has 1 amide bonds. The number of likely N-dealkylation sites (tertiary alicyclic amines) is 1. The minimum atomic E-state index is 0.209. The standard InChI is InChI=1S/C16H24N2O2/c1-2-10-20-15-7-5-6-14(11-15)12-17-13-16(19)18-8-3-4-9-18/h5-7,11,17H,2-4,8-10,12-13H2,1H3. The van der Waals surface area contributed by atoms with Gasteiger partial charge in [-0.3, -0.25) is 4.79 Å². The number of benzene rings is 1. The minimum absolute atomic E-state index is 0.209. The third kappa shape index (κ3) is 4.53. The number of carbonyl (C=O) groups is 1. The molecular weight excluding hydrogens is 252 g/mol. The van der Waals surface area contributed by atoms with E-state index < -0.39 is 0 Å². The number of nitrogens with zero attached hydrogens (tertiary/aromatic N) is 1. The molecule has 1 heterocycles. The van der Waals surface area contributed by atoms with Crippen molar-refractivity contribution in [2.75, 3.05) is 26.2 Å². The fourth-order valence-corrected chi connectivity index (χ4v) is 2.36.